The number of aromatic nitrogens is 1. The Balaban J connectivity index is 1.83. The topological polar surface area (TPSA) is 124 Å². The lowest BCUT2D eigenvalue weighted by Gasteiger charge is -2.05. The van der Waals surface area contributed by atoms with E-state index in [9.17, 15) is 20.2 Å². The van der Waals surface area contributed by atoms with E-state index in [-0.39, 0.29) is 11.4 Å². The molecule has 9 nitrogen and oxygen atoms in total. The van der Waals surface area contributed by atoms with Gasteiger partial charge < -0.3 is 0 Å². The highest BCUT2D eigenvalue weighted by atomic mass is 16.6. The summed E-state index contributed by atoms with van der Waals surface area (Å²) in [6, 6.07) is 17.4. The van der Waals surface area contributed by atoms with E-state index in [0.29, 0.717) is 34.2 Å². The van der Waals surface area contributed by atoms with Gasteiger partial charge in [-0.2, -0.15) is 0 Å². The van der Waals surface area contributed by atoms with E-state index >= 15 is 0 Å². The number of nitro benzene ring substituents is 2. The maximum absolute atomic E-state index is 10.8. The highest BCUT2D eigenvalue weighted by Gasteiger charge is 2.08. The molecular weight excluding hydrogens is 386 g/mol. The normalized spacial score (nSPS) is 11.9. The molecule has 0 fully saturated rings. The summed E-state index contributed by atoms with van der Waals surface area (Å²) in [4.78, 5) is 34.1. The van der Waals surface area contributed by atoms with Crippen LogP contribution in [0.15, 0.2) is 76.7 Å². The molecule has 3 rings (SSSR count). The van der Waals surface area contributed by atoms with Crippen LogP contribution in [0.25, 0.3) is 0 Å². The Labute approximate surface area is 171 Å². The Kier molecular flexibility index (Phi) is 6.02. The van der Waals surface area contributed by atoms with E-state index in [1.807, 2.05) is 18.2 Å². The highest BCUT2D eigenvalue weighted by Crippen LogP contribution is 2.20. The molecule has 0 bridgehead atoms. The quantitative estimate of drug-likeness (QED) is 0.319. The van der Waals surface area contributed by atoms with Crippen LogP contribution in [0.1, 0.15) is 25.2 Å². The number of non-ortho nitro benzene ring substituents is 2. The molecule has 1 aromatic heterocycles. The molecule has 2 aromatic carbocycles. The second-order valence-electron chi connectivity index (χ2n) is 6.35. The Morgan fingerprint density at radius 3 is 1.40 bits per heavy atom. The van der Waals surface area contributed by atoms with Crippen LogP contribution >= 0.6 is 0 Å². The van der Waals surface area contributed by atoms with Crippen molar-refractivity contribution in [3.8, 4) is 0 Å². The van der Waals surface area contributed by atoms with Crippen LogP contribution in [0.5, 0.6) is 0 Å². The third-order valence-corrected chi connectivity index (χ3v) is 4.21. The van der Waals surface area contributed by atoms with Crippen molar-refractivity contribution in [2.75, 3.05) is 0 Å². The summed E-state index contributed by atoms with van der Waals surface area (Å²) in [6.07, 6.45) is 0. The molecule has 0 spiro atoms. The first-order valence-corrected chi connectivity index (χ1v) is 8.91. The number of benzene rings is 2. The molecule has 150 valence electrons. The summed E-state index contributed by atoms with van der Waals surface area (Å²) in [5.74, 6) is 0. The first-order valence-electron chi connectivity index (χ1n) is 8.91. The Morgan fingerprint density at radius 1 is 0.700 bits per heavy atom. The van der Waals surface area contributed by atoms with E-state index in [1.165, 1.54) is 24.3 Å². The van der Waals surface area contributed by atoms with E-state index in [1.54, 1.807) is 38.1 Å². The smallest absolute Gasteiger partial charge is 0.258 e. The largest absolute Gasteiger partial charge is 0.269 e. The fourth-order valence-corrected chi connectivity index (χ4v) is 2.64. The maximum Gasteiger partial charge on any atom is 0.269 e. The standard InChI is InChI=1S/C21H17N5O4/c1-14(22-16-6-10-18(11-7-16)25(27)28)20-4-3-5-21(24-20)15(2)23-17-8-12-19(13-9-17)26(29)30/h3-13H,1-2H3. The summed E-state index contributed by atoms with van der Waals surface area (Å²) >= 11 is 0. The summed E-state index contributed by atoms with van der Waals surface area (Å²) < 4.78 is 0. The fourth-order valence-electron chi connectivity index (χ4n) is 2.64. The van der Waals surface area contributed by atoms with Crippen LogP contribution in [0.2, 0.25) is 0 Å². The van der Waals surface area contributed by atoms with Crippen molar-refractivity contribution in [3.63, 3.8) is 0 Å². The molecule has 0 saturated carbocycles. The molecule has 0 saturated heterocycles. The van der Waals surface area contributed by atoms with Gasteiger partial charge >= 0.3 is 0 Å². The van der Waals surface area contributed by atoms with E-state index < -0.39 is 9.85 Å². The number of hydrogen-bond acceptors (Lipinski definition) is 7. The van der Waals surface area contributed by atoms with Gasteiger partial charge in [0.25, 0.3) is 11.4 Å². The first kappa shape index (κ1) is 20.5. The first-order chi connectivity index (χ1) is 14.3. The van der Waals surface area contributed by atoms with Crippen LogP contribution in [-0.4, -0.2) is 26.3 Å². The Bertz CT molecular complexity index is 1060. The number of pyridine rings is 1. The molecule has 0 atom stereocenters. The zero-order chi connectivity index (χ0) is 21.7. The van der Waals surface area contributed by atoms with Crippen LogP contribution in [0, 0.1) is 20.2 Å². The molecular formula is C21H17N5O4. The number of hydrogen-bond donors (Lipinski definition) is 0. The molecule has 3 aromatic rings. The summed E-state index contributed by atoms with van der Waals surface area (Å²) in [5, 5.41) is 21.5. The van der Waals surface area contributed by atoms with Gasteiger partial charge in [-0.25, -0.2) is 4.98 Å². The van der Waals surface area contributed by atoms with Crippen molar-refractivity contribution >= 4 is 34.2 Å². The van der Waals surface area contributed by atoms with Gasteiger partial charge in [0.1, 0.15) is 0 Å². The van der Waals surface area contributed by atoms with Gasteiger partial charge in [0.05, 0.1) is 44.0 Å². The van der Waals surface area contributed by atoms with Crippen LogP contribution < -0.4 is 0 Å². The van der Waals surface area contributed by atoms with Crippen molar-refractivity contribution in [2.45, 2.75) is 13.8 Å². The van der Waals surface area contributed by atoms with Crippen LogP contribution in [0.3, 0.4) is 0 Å². The van der Waals surface area contributed by atoms with Gasteiger partial charge in [0.2, 0.25) is 0 Å². The maximum atomic E-state index is 10.8. The van der Waals surface area contributed by atoms with Crippen molar-refractivity contribution in [1.82, 2.24) is 4.98 Å². The minimum absolute atomic E-state index is 0.00445. The van der Waals surface area contributed by atoms with Crippen molar-refractivity contribution < 1.29 is 9.85 Å². The lowest BCUT2D eigenvalue weighted by Crippen LogP contribution is -2.05. The molecule has 9 heteroatoms. The van der Waals surface area contributed by atoms with Gasteiger partial charge in [-0.3, -0.25) is 30.2 Å². The minimum Gasteiger partial charge on any atom is -0.258 e. The second kappa shape index (κ2) is 8.82. The molecule has 1 heterocycles. The van der Waals surface area contributed by atoms with Gasteiger partial charge in [-0.15, -0.1) is 0 Å². The SMILES string of the molecule is CC(=Nc1ccc([N+](=O)[O-])cc1)c1cccc(C(C)=Nc2ccc([N+](=O)[O-])cc2)n1. The number of rotatable bonds is 6. The second-order valence-corrected chi connectivity index (χ2v) is 6.35. The third-order valence-electron chi connectivity index (χ3n) is 4.21. The number of nitro groups is 2. The van der Waals surface area contributed by atoms with Crippen LogP contribution in [-0.2, 0) is 0 Å². The molecule has 0 aliphatic carbocycles. The third kappa shape index (κ3) is 4.96. The summed E-state index contributed by atoms with van der Waals surface area (Å²) in [7, 11) is 0. The van der Waals surface area contributed by atoms with E-state index in [4.69, 9.17) is 0 Å². The van der Waals surface area contributed by atoms with E-state index in [0.717, 1.165) is 0 Å². The molecule has 0 aliphatic rings. The average Bonchev–Trinajstić information content (AvgIpc) is 2.74. The minimum atomic E-state index is -0.460. The predicted molar refractivity (Wildman–Crippen MR) is 114 cm³/mol. The van der Waals surface area contributed by atoms with Gasteiger partial charge in [0, 0.05) is 24.3 Å². The fraction of sp³-hybridized carbons (Fsp3) is 0.0952. The van der Waals surface area contributed by atoms with Crippen molar-refractivity contribution in [3.05, 3.63) is 98.3 Å². The van der Waals surface area contributed by atoms with E-state index in [2.05, 4.69) is 15.0 Å². The molecule has 0 radical (unpaired) electrons. The molecule has 0 N–H and O–H groups in total. The van der Waals surface area contributed by atoms with Crippen molar-refractivity contribution in [1.29, 1.82) is 0 Å². The van der Waals surface area contributed by atoms with Gasteiger partial charge in [-0.1, -0.05) is 6.07 Å². The van der Waals surface area contributed by atoms with Gasteiger partial charge in [-0.05, 0) is 50.2 Å². The number of nitrogens with zero attached hydrogens (tertiary/aromatic N) is 5. The molecule has 0 unspecified atom stereocenters. The molecule has 0 amide bonds. The lowest BCUT2D eigenvalue weighted by molar-refractivity contribution is -0.385. The summed E-state index contributed by atoms with van der Waals surface area (Å²) in [6.45, 7) is 3.60. The average molecular weight is 403 g/mol. The monoisotopic (exact) mass is 403 g/mol. The Hall–Kier alpha value is -4.27. The highest BCUT2D eigenvalue weighted by molar-refractivity contribution is 6.02. The van der Waals surface area contributed by atoms with Crippen molar-refractivity contribution in [2.24, 2.45) is 9.98 Å². The molecule has 30 heavy (non-hydrogen) atoms. The van der Waals surface area contributed by atoms with Gasteiger partial charge in [0.15, 0.2) is 0 Å². The lowest BCUT2D eigenvalue weighted by atomic mass is 10.2. The zero-order valence-electron chi connectivity index (χ0n) is 16.2. The predicted octanol–water partition coefficient (Wildman–Crippen LogP) is 5.18. The number of aliphatic imine (C=N–C) groups is 2. The molecule has 0 aliphatic heterocycles. The zero-order valence-corrected chi connectivity index (χ0v) is 16.2. The Morgan fingerprint density at radius 2 is 1.07 bits per heavy atom. The summed E-state index contributed by atoms with van der Waals surface area (Å²) in [5.41, 5.74) is 3.76. The van der Waals surface area contributed by atoms with Crippen LogP contribution in [0.4, 0.5) is 22.7 Å².